The minimum absolute atomic E-state index is 0.0850. The minimum atomic E-state index is -0.555. The Bertz CT molecular complexity index is 1370. The predicted octanol–water partition coefficient (Wildman–Crippen LogP) is 4.22. The van der Waals surface area contributed by atoms with E-state index in [0.29, 0.717) is 28.5 Å². The SMILES string of the molecule is NC(=O)c1ccc(N2CCC[C@@H]2c2csc(NC(=O)c3cccn3Cc3ccnc(F)c3)n2)cc1. The Labute approximate surface area is 205 Å². The second kappa shape index (κ2) is 9.67. The number of benzene rings is 1. The van der Waals surface area contributed by atoms with Crippen molar-refractivity contribution in [2.75, 3.05) is 16.8 Å². The number of nitrogens with zero attached hydrogens (tertiary/aromatic N) is 4. The Morgan fingerprint density at radius 2 is 2.03 bits per heavy atom. The Balaban J connectivity index is 1.28. The molecule has 0 bridgehead atoms. The molecule has 0 aliphatic carbocycles. The van der Waals surface area contributed by atoms with Crippen LogP contribution in [0.15, 0.2) is 66.3 Å². The summed E-state index contributed by atoms with van der Waals surface area (Å²) in [7, 11) is 0. The molecule has 10 heteroatoms. The van der Waals surface area contributed by atoms with E-state index in [-0.39, 0.29) is 11.9 Å². The van der Waals surface area contributed by atoms with Crippen molar-refractivity contribution in [3.8, 4) is 0 Å². The fourth-order valence-electron chi connectivity index (χ4n) is 4.35. The molecule has 1 fully saturated rings. The van der Waals surface area contributed by atoms with Gasteiger partial charge in [0.25, 0.3) is 5.91 Å². The minimum Gasteiger partial charge on any atom is -0.366 e. The number of carbonyl (C=O) groups is 2. The summed E-state index contributed by atoms with van der Waals surface area (Å²) >= 11 is 1.38. The van der Waals surface area contributed by atoms with Crippen LogP contribution in [0.3, 0.4) is 0 Å². The Kier molecular flexibility index (Phi) is 6.28. The van der Waals surface area contributed by atoms with E-state index >= 15 is 0 Å². The van der Waals surface area contributed by atoms with Crippen LogP contribution in [0.2, 0.25) is 0 Å². The van der Waals surface area contributed by atoms with Crippen LogP contribution in [0.25, 0.3) is 0 Å². The van der Waals surface area contributed by atoms with Gasteiger partial charge in [-0.2, -0.15) is 4.39 Å². The average molecular weight is 491 g/mol. The smallest absolute Gasteiger partial charge is 0.274 e. The third kappa shape index (κ3) is 4.92. The van der Waals surface area contributed by atoms with Crippen LogP contribution in [0, 0.1) is 5.95 Å². The predicted molar refractivity (Wildman–Crippen MR) is 132 cm³/mol. The number of thiazole rings is 1. The standard InChI is InChI=1S/C25H23FN6O2S/c26-22-13-16(9-10-28-22)14-31-11-1-4-21(31)24(34)30-25-29-19(15-35-25)20-3-2-12-32(20)18-7-5-17(6-8-18)23(27)33/h1,4-11,13,15,20H,2-3,12,14H2,(H2,27,33)(H,29,30,34)/t20-/m1/s1. The van der Waals surface area contributed by atoms with E-state index in [4.69, 9.17) is 10.7 Å². The van der Waals surface area contributed by atoms with Crippen molar-refractivity contribution >= 4 is 34.0 Å². The Morgan fingerprint density at radius 1 is 1.20 bits per heavy atom. The largest absolute Gasteiger partial charge is 0.366 e. The van der Waals surface area contributed by atoms with Crippen molar-refractivity contribution in [3.05, 3.63) is 94.8 Å². The fourth-order valence-corrected chi connectivity index (χ4v) is 5.11. The summed E-state index contributed by atoms with van der Waals surface area (Å²) in [5.41, 5.74) is 8.89. The van der Waals surface area contributed by atoms with Crippen LogP contribution >= 0.6 is 11.3 Å². The number of halogens is 1. The lowest BCUT2D eigenvalue weighted by atomic mass is 10.1. The van der Waals surface area contributed by atoms with E-state index < -0.39 is 11.9 Å². The summed E-state index contributed by atoms with van der Waals surface area (Å²) in [6.45, 7) is 1.23. The molecular formula is C25H23FN6O2S. The molecule has 1 saturated heterocycles. The quantitative estimate of drug-likeness (QED) is 0.377. The zero-order valence-corrected chi connectivity index (χ0v) is 19.5. The number of aromatic nitrogens is 3. The molecule has 35 heavy (non-hydrogen) atoms. The van der Waals surface area contributed by atoms with E-state index in [1.807, 2.05) is 17.5 Å². The van der Waals surface area contributed by atoms with Crippen molar-refractivity contribution in [2.24, 2.45) is 5.73 Å². The normalized spacial score (nSPS) is 15.3. The highest BCUT2D eigenvalue weighted by Crippen LogP contribution is 2.37. The first-order valence-electron chi connectivity index (χ1n) is 11.2. The molecule has 5 rings (SSSR count). The van der Waals surface area contributed by atoms with Gasteiger partial charge >= 0.3 is 0 Å². The number of hydrogen-bond acceptors (Lipinski definition) is 6. The van der Waals surface area contributed by atoms with E-state index in [2.05, 4.69) is 15.2 Å². The van der Waals surface area contributed by atoms with E-state index in [0.717, 1.165) is 30.8 Å². The summed E-state index contributed by atoms with van der Waals surface area (Å²) in [5.74, 6) is -1.29. The highest BCUT2D eigenvalue weighted by molar-refractivity contribution is 7.14. The van der Waals surface area contributed by atoms with Gasteiger partial charge in [-0.3, -0.25) is 14.9 Å². The molecule has 0 saturated carbocycles. The van der Waals surface area contributed by atoms with Gasteiger partial charge in [-0.05, 0) is 66.9 Å². The maximum atomic E-state index is 13.4. The van der Waals surface area contributed by atoms with Gasteiger partial charge in [0.15, 0.2) is 5.13 Å². The lowest BCUT2D eigenvalue weighted by molar-refractivity contribution is 0.0996. The number of anilines is 2. The molecular weight excluding hydrogens is 467 g/mol. The second-order valence-corrected chi connectivity index (χ2v) is 9.16. The molecule has 0 spiro atoms. The first-order valence-corrected chi connectivity index (χ1v) is 12.0. The van der Waals surface area contributed by atoms with Gasteiger partial charge in [0.1, 0.15) is 5.69 Å². The molecule has 1 aliphatic rings. The molecule has 3 N–H and O–H groups in total. The Hall–Kier alpha value is -4.05. The molecule has 1 aromatic carbocycles. The highest BCUT2D eigenvalue weighted by atomic mass is 32.1. The van der Waals surface area contributed by atoms with Crippen LogP contribution in [-0.4, -0.2) is 32.9 Å². The van der Waals surface area contributed by atoms with Gasteiger partial charge in [-0.25, -0.2) is 9.97 Å². The van der Waals surface area contributed by atoms with Crippen molar-refractivity contribution in [1.29, 1.82) is 0 Å². The van der Waals surface area contributed by atoms with Crippen molar-refractivity contribution in [3.63, 3.8) is 0 Å². The van der Waals surface area contributed by atoms with Crippen molar-refractivity contribution in [2.45, 2.75) is 25.4 Å². The lowest BCUT2D eigenvalue weighted by Gasteiger charge is -2.25. The summed E-state index contributed by atoms with van der Waals surface area (Å²) in [6.07, 6.45) is 5.15. The van der Waals surface area contributed by atoms with Crippen molar-refractivity contribution < 1.29 is 14.0 Å². The van der Waals surface area contributed by atoms with Gasteiger partial charge in [0.05, 0.1) is 11.7 Å². The number of nitrogens with two attached hydrogens (primary N) is 1. The number of amides is 2. The third-order valence-electron chi connectivity index (χ3n) is 6.03. The van der Waals surface area contributed by atoms with Crippen LogP contribution in [0.5, 0.6) is 0 Å². The summed E-state index contributed by atoms with van der Waals surface area (Å²) < 4.78 is 15.2. The van der Waals surface area contributed by atoms with Crippen LogP contribution < -0.4 is 16.0 Å². The van der Waals surface area contributed by atoms with E-state index in [1.54, 1.807) is 41.1 Å². The fraction of sp³-hybridized carbons (Fsp3) is 0.200. The van der Waals surface area contributed by atoms with Gasteiger partial charge in [0, 0.05) is 42.1 Å². The molecule has 1 atom stereocenters. The summed E-state index contributed by atoms with van der Waals surface area (Å²) in [5, 5.41) is 5.38. The molecule has 0 radical (unpaired) electrons. The molecule has 1 aliphatic heterocycles. The zero-order valence-electron chi connectivity index (χ0n) is 18.7. The molecule has 4 heterocycles. The first kappa shape index (κ1) is 22.7. The van der Waals surface area contributed by atoms with E-state index in [9.17, 15) is 14.0 Å². The third-order valence-corrected chi connectivity index (χ3v) is 6.80. The molecule has 0 unspecified atom stereocenters. The van der Waals surface area contributed by atoms with Crippen molar-refractivity contribution in [1.82, 2.24) is 14.5 Å². The molecule has 4 aromatic rings. The number of carbonyl (C=O) groups excluding carboxylic acids is 2. The Morgan fingerprint density at radius 3 is 2.80 bits per heavy atom. The monoisotopic (exact) mass is 490 g/mol. The van der Waals surface area contributed by atoms with Gasteiger partial charge in [0.2, 0.25) is 11.9 Å². The van der Waals surface area contributed by atoms with E-state index in [1.165, 1.54) is 23.6 Å². The maximum Gasteiger partial charge on any atom is 0.274 e. The van der Waals surface area contributed by atoms with Gasteiger partial charge in [-0.1, -0.05) is 0 Å². The topological polar surface area (TPSA) is 106 Å². The summed E-state index contributed by atoms with van der Waals surface area (Å²) in [4.78, 5) is 34.8. The number of nitrogens with one attached hydrogen (secondary N) is 1. The molecule has 178 valence electrons. The maximum absolute atomic E-state index is 13.4. The van der Waals surface area contributed by atoms with Gasteiger partial charge in [-0.15, -0.1) is 11.3 Å². The van der Waals surface area contributed by atoms with Gasteiger partial charge < -0.3 is 15.2 Å². The lowest BCUT2D eigenvalue weighted by Crippen LogP contribution is -2.23. The average Bonchev–Trinajstić information content (AvgIpc) is 3.60. The first-order chi connectivity index (χ1) is 17.0. The number of hydrogen-bond donors (Lipinski definition) is 2. The molecule has 8 nitrogen and oxygen atoms in total. The number of primary amides is 1. The second-order valence-electron chi connectivity index (χ2n) is 8.30. The van der Waals surface area contributed by atoms with Crippen LogP contribution in [0.4, 0.5) is 15.2 Å². The molecule has 2 amide bonds. The highest BCUT2D eigenvalue weighted by Gasteiger charge is 2.28. The number of pyridine rings is 1. The number of rotatable bonds is 7. The zero-order chi connectivity index (χ0) is 24.4. The van der Waals surface area contributed by atoms with Crippen LogP contribution in [-0.2, 0) is 6.54 Å². The molecule has 3 aromatic heterocycles. The van der Waals surface area contributed by atoms with Crippen LogP contribution in [0.1, 0.15) is 51.0 Å². The summed E-state index contributed by atoms with van der Waals surface area (Å²) in [6, 6.07) is 13.9.